The molecule has 1 aliphatic heterocycles. The fourth-order valence-electron chi connectivity index (χ4n) is 3.97. The first-order valence-corrected chi connectivity index (χ1v) is 10.4. The number of morpholine rings is 1. The fourth-order valence-corrected chi connectivity index (χ4v) is 4.25. The van der Waals surface area contributed by atoms with E-state index in [1.165, 1.54) is 6.07 Å². The number of benzene rings is 2. The van der Waals surface area contributed by atoms with Crippen LogP contribution in [0.3, 0.4) is 0 Å². The van der Waals surface area contributed by atoms with E-state index in [1.807, 2.05) is 13.0 Å². The number of halogens is 2. The molecule has 0 spiro atoms. The first-order valence-electron chi connectivity index (χ1n) is 10.1. The molecule has 0 amide bonds. The van der Waals surface area contributed by atoms with Gasteiger partial charge in [0.25, 0.3) is 0 Å². The standard InChI is InChI=1S/C23H29ClFNO3/c1-16-8-9-20(25)17(14-16)22-18(6-5-7-19(22)24)23(27,10-3-4-12-28-2)21-15-26-11-13-29-21/h5-9,14,21,26-27H,3-4,10-13,15H2,1-2H3. The van der Waals surface area contributed by atoms with E-state index in [1.54, 1.807) is 31.4 Å². The molecule has 2 atom stereocenters. The lowest BCUT2D eigenvalue weighted by atomic mass is 9.79. The predicted molar refractivity (Wildman–Crippen MR) is 114 cm³/mol. The Morgan fingerprint density at radius 3 is 2.86 bits per heavy atom. The van der Waals surface area contributed by atoms with Crippen LogP contribution in [0.5, 0.6) is 0 Å². The topological polar surface area (TPSA) is 50.7 Å². The van der Waals surface area contributed by atoms with Gasteiger partial charge in [-0.1, -0.05) is 35.4 Å². The molecule has 0 radical (unpaired) electrons. The van der Waals surface area contributed by atoms with Crippen LogP contribution in [0, 0.1) is 12.7 Å². The van der Waals surface area contributed by atoms with Crippen LogP contribution in [0.4, 0.5) is 4.39 Å². The fraction of sp³-hybridized carbons (Fsp3) is 0.478. The van der Waals surface area contributed by atoms with Gasteiger partial charge in [-0.15, -0.1) is 0 Å². The molecule has 1 heterocycles. The number of rotatable bonds is 8. The zero-order valence-corrected chi connectivity index (χ0v) is 17.8. The summed E-state index contributed by atoms with van der Waals surface area (Å²) in [6.45, 7) is 4.30. The summed E-state index contributed by atoms with van der Waals surface area (Å²) in [5.74, 6) is -0.366. The van der Waals surface area contributed by atoms with Crippen LogP contribution in [-0.2, 0) is 15.1 Å². The average molecular weight is 422 g/mol. The van der Waals surface area contributed by atoms with E-state index in [0.29, 0.717) is 47.9 Å². The molecule has 2 aromatic rings. The number of unbranched alkanes of at least 4 members (excludes halogenated alkanes) is 1. The summed E-state index contributed by atoms with van der Waals surface area (Å²) in [6.07, 6.45) is 1.56. The molecule has 29 heavy (non-hydrogen) atoms. The van der Waals surface area contributed by atoms with Crippen molar-refractivity contribution in [2.24, 2.45) is 0 Å². The third-order valence-electron chi connectivity index (χ3n) is 5.49. The van der Waals surface area contributed by atoms with Gasteiger partial charge in [0, 0.05) is 43.0 Å². The van der Waals surface area contributed by atoms with E-state index in [9.17, 15) is 9.50 Å². The van der Waals surface area contributed by atoms with Crippen LogP contribution in [0.1, 0.15) is 30.4 Å². The zero-order chi connectivity index (χ0) is 20.9. The number of hydrogen-bond donors (Lipinski definition) is 2. The smallest absolute Gasteiger partial charge is 0.131 e. The number of aryl methyl sites for hydroxylation is 1. The molecule has 1 fully saturated rings. The third-order valence-corrected chi connectivity index (χ3v) is 5.80. The van der Waals surface area contributed by atoms with Gasteiger partial charge in [-0.05, 0) is 49.9 Å². The molecular weight excluding hydrogens is 393 g/mol. The second-order valence-corrected chi connectivity index (χ2v) is 7.99. The van der Waals surface area contributed by atoms with Gasteiger partial charge in [-0.2, -0.15) is 0 Å². The van der Waals surface area contributed by atoms with Crippen molar-refractivity contribution in [3.63, 3.8) is 0 Å². The highest BCUT2D eigenvalue weighted by molar-refractivity contribution is 6.33. The second-order valence-electron chi connectivity index (χ2n) is 7.58. The van der Waals surface area contributed by atoms with Crippen molar-refractivity contribution < 1.29 is 19.0 Å². The molecule has 1 aliphatic rings. The highest BCUT2D eigenvalue weighted by Gasteiger charge is 2.42. The van der Waals surface area contributed by atoms with Crippen molar-refractivity contribution in [1.82, 2.24) is 5.32 Å². The van der Waals surface area contributed by atoms with Crippen molar-refractivity contribution in [1.29, 1.82) is 0 Å². The first-order chi connectivity index (χ1) is 14.0. The van der Waals surface area contributed by atoms with Crippen LogP contribution >= 0.6 is 11.6 Å². The molecule has 2 aromatic carbocycles. The minimum atomic E-state index is -1.31. The lowest BCUT2D eigenvalue weighted by Crippen LogP contribution is -2.51. The Morgan fingerprint density at radius 1 is 1.31 bits per heavy atom. The average Bonchev–Trinajstić information content (AvgIpc) is 2.73. The van der Waals surface area contributed by atoms with Crippen LogP contribution in [0.25, 0.3) is 11.1 Å². The molecule has 0 bridgehead atoms. The van der Waals surface area contributed by atoms with Gasteiger partial charge >= 0.3 is 0 Å². The molecule has 2 N–H and O–H groups in total. The van der Waals surface area contributed by atoms with Crippen molar-refractivity contribution in [3.8, 4) is 11.1 Å². The third kappa shape index (κ3) is 4.98. The summed E-state index contributed by atoms with van der Waals surface area (Å²) in [5, 5.41) is 15.6. The van der Waals surface area contributed by atoms with E-state index in [0.717, 1.165) is 24.9 Å². The summed E-state index contributed by atoms with van der Waals surface area (Å²) in [4.78, 5) is 0. The van der Waals surface area contributed by atoms with Gasteiger partial charge in [0.1, 0.15) is 17.5 Å². The Labute approximate surface area is 177 Å². The van der Waals surface area contributed by atoms with Crippen LogP contribution in [0.15, 0.2) is 36.4 Å². The van der Waals surface area contributed by atoms with Gasteiger partial charge in [-0.25, -0.2) is 4.39 Å². The minimum absolute atomic E-state index is 0.366. The van der Waals surface area contributed by atoms with Crippen molar-refractivity contribution in [2.75, 3.05) is 33.4 Å². The van der Waals surface area contributed by atoms with E-state index < -0.39 is 11.7 Å². The number of hydrogen-bond acceptors (Lipinski definition) is 4. The summed E-state index contributed by atoms with van der Waals surface area (Å²) in [6, 6.07) is 10.3. The molecule has 0 saturated carbocycles. The zero-order valence-electron chi connectivity index (χ0n) is 17.0. The molecule has 0 aromatic heterocycles. The minimum Gasteiger partial charge on any atom is -0.385 e. The number of methoxy groups -OCH3 is 1. The number of ether oxygens (including phenoxy) is 2. The molecule has 6 heteroatoms. The molecule has 0 aliphatic carbocycles. The van der Waals surface area contributed by atoms with Gasteiger partial charge in [0.05, 0.1) is 6.61 Å². The van der Waals surface area contributed by atoms with Crippen molar-refractivity contribution in [3.05, 3.63) is 58.4 Å². The van der Waals surface area contributed by atoms with E-state index in [4.69, 9.17) is 21.1 Å². The lowest BCUT2D eigenvalue weighted by Gasteiger charge is -2.40. The summed E-state index contributed by atoms with van der Waals surface area (Å²) < 4.78 is 25.9. The molecular formula is C23H29ClFNO3. The Hall–Kier alpha value is -1.50. The molecule has 4 nitrogen and oxygen atoms in total. The number of aliphatic hydroxyl groups is 1. The summed E-state index contributed by atoms with van der Waals surface area (Å²) in [7, 11) is 1.66. The van der Waals surface area contributed by atoms with Crippen molar-refractivity contribution in [2.45, 2.75) is 37.9 Å². The van der Waals surface area contributed by atoms with E-state index >= 15 is 0 Å². The van der Waals surface area contributed by atoms with Gasteiger partial charge < -0.3 is 19.9 Å². The largest absolute Gasteiger partial charge is 0.385 e. The summed E-state index contributed by atoms with van der Waals surface area (Å²) in [5.41, 5.74) is 1.13. The van der Waals surface area contributed by atoms with Crippen molar-refractivity contribution >= 4 is 11.6 Å². The van der Waals surface area contributed by atoms with Gasteiger partial charge in [0.2, 0.25) is 0 Å². The SMILES string of the molecule is COCCCCC(O)(c1cccc(Cl)c1-c1cc(C)ccc1F)C1CNCCO1. The normalized spacial score (nSPS) is 19.1. The Kier molecular flexibility index (Phi) is 7.66. The van der Waals surface area contributed by atoms with E-state index in [2.05, 4.69) is 5.32 Å². The molecule has 2 unspecified atom stereocenters. The van der Waals surface area contributed by atoms with Crippen LogP contribution < -0.4 is 5.32 Å². The lowest BCUT2D eigenvalue weighted by molar-refractivity contribution is -0.129. The summed E-state index contributed by atoms with van der Waals surface area (Å²) >= 11 is 6.56. The second kappa shape index (κ2) is 10.0. The maximum Gasteiger partial charge on any atom is 0.131 e. The highest BCUT2D eigenvalue weighted by Crippen LogP contribution is 2.43. The Bertz CT molecular complexity index is 826. The Morgan fingerprint density at radius 2 is 2.14 bits per heavy atom. The maximum absolute atomic E-state index is 14.8. The quantitative estimate of drug-likeness (QED) is 0.618. The van der Waals surface area contributed by atoms with E-state index in [-0.39, 0.29) is 5.82 Å². The van der Waals surface area contributed by atoms with Gasteiger partial charge in [-0.3, -0.25) is 0 Å². The maximum atomic E-state index is 14.8. The highest BCUT2D eigenvalue weighted by atomic mass is 35.5. The van der Waals surface area contributed by atoms with Crippen LogP contribution in [-0.4, -0.2) is 44.6 Å². The Balaban J connectivity index is 2.10. The molecule has 1 saturated heterocycles. The molecule has 3 rings (SSSR count). The number of nitrogens with one attached hydrogen (secondary N) is 1. The van der Waals surface area contributed by atoms with Gasteiger partial charge in [0.15, 0.2) is 0 Å². The predicted octanol–water partition coefficient (Wildman–Crippen LogP) is 4.45. The molecule has 158 valence electrons. The van der Waals surface area contributed by atoms with Crippen LogP contribution in [0.2, 0.25) is 5.02 Å². The monoisotopic (exact) mass is 421 g/mol. The first kappa shape index (κ1) is 22.2.